The number of hydrogen-bond donors (Lipinski definition) is 2. The van der Waals surface area contributed by atoms with E-state index in [2.05, 4.69) is 10.1 Å². The van der Waals surface area contributed by atoms with Crippen LogP contribution in [0.15, 0.2) is 18.2 Å². The summed E-state index contributed by atoms with van der Waals surface area (Å²) in [5, 5.41) is 13.1. The second kappa shape index (κ2) is 5.40. The van der Waals surface area contributed by atoms with E-state index in [0.29, 0.717) is 5.56 Å². The molecule has 4 nitrogen and oxygen atoms in total. The molecule has 100 valence electrons. The molecule has 0 bridgehead atoms. The first-order valence-electron chi connectivity index (χ1n) is 5.93. The van der Waals surface area contributed by atoms with E-state index in [1.165, 1.54) is 7.11 Å². The fourth-order valence-electron chi connectivity index (χ4n) is 1.43. The van der Waals surface area contributed by atoms with Crippen molar-refractivity contribution >= 4 is 11.7 Å². The average molecular weight is 251 g/mol. The van der Waals surface area contributed by atoms with Gasteiger partial charge in [-0.05, 0) is 45.4 Å². The Morgan fingerprint density at radius 2 is 2.06 bits per heavy atom. The zero-order chi connectivity index (χ0) is 13.9. The highest BCUT2D eigenvalue weighted by Gasteiger charge is 2.22. The third-order valence-electron chi connectivity index (χ3n) is 3.09. The second-order valence-corrected chi connectivity index (χ2v) is 5.04. The predicted molar refractivity (Wildman–Crippen MR) is 71.9 cm³/mol. The fraction of sp³-hybridized carbons (Fsp3) is 0.500. The van der Waals surface area contributed by atoms with Crippen molar-refractivity contribution in [1.82, 2.24) is 0 Å². The van der Waals surface area contributed by atoms with Gasteiger partial charge in [0.1, 0.15) is 0 Å². The summed E-state index contributed by atoms with van der Waals surface area (Å²) in [5.41, 5.74) is 1.49. The van der Waals surface area contributed by atoms with Crippen LogP contribution >= 0.6 is 0 Å². The number of nitrogens with one attached hydrogen (secondary N) is 1. The molecular formula is C14H21NO3. The van der Waals surface area contributed by atoms with Crippen LogP contribution in [0, 0.1) is 6.92 Å². The third-order valence-corrected chi connectivity index (χ3v) is 3.09. The number of anilines is 1. The van der Waals surface area contributed by atoms with Crippen molar-refractivity contribution in [3.05, 3.63) is 29.3 Å². The lowest BCUT2D eigenvalue weighted by molar-refractivity contribution is 0.0600. The SMILES string of the molecule is COC(=O)c1ccc(C)c(NC(C)C(C)(C)O)c1. The van der Waals surface area contributed by atoms with Gasteiger partial charge in [0.15, 0.2) is 0 Å². The van der Waals surface area contributed by atoms with E-state index in [1.54, 1.807) is 26.0 Å². The number of aliphatic hydroxyl groups is 1. The second-order valence-electron chi connectivity index (χ2n) is 5.04. The van der Waals surface area contributed by atoms with Gasteiger partial charge >= 0.3 is 5.97 Å². The molecule has 1 rings (SSSR count). The van der Waals surface area contributed by atoms with Crippen LogP contribution in [-0.2, 0) is 4.74 Å². The molecule has 0 aliphatic rings. The Bertz CT molecular complexity index is 435. The zero-order valence-electron chi connectivity index (χ0n) is 11.6. The summed E-state index contributed by atoms with van der Waals surface area (Å²) in [6.07, 6.45) is 0. The van der Waals surface area contributed by atoms with E-state index < -0.39 is 5.60 Å². The third kappa shape index (κ3) is 3.47. The molecule has 0 radical (unpaired) electrons. The Morgan fingerprint density at radius 1 is 1.44 bits per heavy atom. The van der Waals surface area contributed by atoms with Crippen molar-refractivity contribution < 1.29 is 14.6 Å². The highest BCUT2D eigenvalue weighted by Crippen LogP contribution is 2.21. The van der Waals surface area contributed by atoms with E-state index in [1.807, 2.05) is 19.9 Å². The lowest BCUT2D eigenvalue weighted by atomic mass is 9.99. The number of esters is 1. The minimum atomic E-state index is -0.840. The highest BCUT2D eigenvalue weighted by molar-refractivity contribution is 5.90. The minimum Gasteiger partial charge on any atom is -0.465 e. The first-order valence-corrected chi connectivity index (χ1v) is 5.93. The quantitative estimate of drug-likeness (QED) is 0.806. The molecule has 1 atom stereocenters. The summed E-state index contributed by atoms with van der Waals surface area (Å²) in [7, 11) is 1.36. The Balaban J connectivity index is 2.98. The summed E-state index contributed by atoms with van der Waals surface area (Å²) in [6, 6.07) is 5.18. The predicted octanol–water partition coefficient (Wildman–Crippen LogP) is 2.35. The molecule has 0 amide bonds. The number of rotatable bonds is 4. The largest absolute Gasteiger partial charge is 0.465 e. The van der Waals surface area contributed by atoms with Crippen LogP contribution in [0.5, 0.6) is 0 Å². The van der Waals surface area contributed by atoms with Gasteiger partial charge in [0.25, 0.3) is 0 Å². The summed E-state index contributed by atoms with van der Waals surface area (Å²) < 4.78 is 4.69. The molecule has 4 heteroatoms. The summed E-state index contributed by atoms with van der Waals surface area (Å²) >= 11 is 0. The van der Waals surface area contributed by atoms with Gasteiger partial charge in [0, 0.05) is 5.69 Å². The van der Waals surface area contributed by atoms with Crippen molar-refractivity contribution in [3.63, 3.8) is 0 Å². The van der Waals surface area contributed by atoms with Crippen molar-refractivity contribution in [2.75, 3.05) is 12.4 Å². The van der Waals surface area contributed by atoms with Crippen LogP contribution in [-0.4, -0.2) is 29.8 Å². The van der Waals surface area contributed by atoms with Gasteiger partial charge in [0.05, 0.1) is 24.3 Å². The topological polar surface area (TPSA) is 58.6 Å². The molecule has 0 saturated carbocycles. The van der Waals surface area contributed by atoms with Crippen LogP contribution in [0.2, 0.25) is 0 Å². The maximum absolute atomic E-state index is 11.5. The van der Waals surface area contributed by atoms with Gasteiger partial charge in [-0.2, -0.15) is 0 Å². The first kappa shape index (κ1) is 14.5. The van der Waals surface area contributed by atoms with Crippen LogP contribution in [0.4, 0.5) is 5.69 Å². The summed E-state index contributed by atoms with van der Waals surface area (Å²) in [5.74, 6) is -0.367. The van der Waals surface area contributed by atoms with E-state index in [9.17, 15) is 9.90 Å². The number of hydrogen-bond acceptors (Lipinski definition) is 4. The number of carbonyl (C=O) groups excluding carboxylic acids is 1. The molecule has 0 aliphatic heterocycles. The lowest BCUT2D eigenvalue weighted by Gasteiger charge is -2.28. The van der Waals surface area contributed by atoms with Gasteiger partial charge in [-0.3, -0.25) is 0 Å². The van der Waals surface area contributed by atoms with Crippen molar-refractivity contribution in [2.45, 2.75) is 39.3 Å². The van der Waals surface area contributed by atoms with Crippen LogP contribution in [0.1, 0.15) is 36.7 Å². The first-order chi connectivity index (χ1) is 8.25. The fourth-order valence-corrected chi connectivity index (χ4v) is 1.43. The van der Waals surface area contributed by atoms with Crippen molar-refractivity contribution in [3.8, 4) is 0 Å². The van der Waals surface area contributed by atoms with Crippen LogP contribution < -0.4 is 5.32 Å². The molecule has 0 spiro atoms. The molecule has 0 aliphatic carbocycles. The number of carbonyl (C=O) groups is 1. The molecule has 0 saturated heterocycles. The zero-order valence-corrected chi connectivity index (χ0v) is 11.6. The average Bonchev–Trinajstić information content (AvgIpc) is 2.29. The molecule has 0 fully saturated rings. The molecule has 18 heavy (non-hydrogen) atoms. The molecular weight excluding hydrogens is 230 g/mol. The Morgan fingerprint density at radius 3 is 2.56 bits per heavy atom. The van der Waals surface area contributed by atoms with E-state index in [4.69, 9.17) is 0 Å². The van der Waals surface area contributed by atoms with Crippen LogP contribution in [0.3, 0.4) is 0 Å². The maximum Gasteiger partial charge on any atom is 0.337 e. The highest BCUT2D eigenvalue weighted by atomic mass is 16.5. The minimum absolute atomic E-state index is 0.135. The smallest absolute Gasteiger partial charge is 0.337 e. The summed E-state index contributed by atoms with van der Waals surface area (Å²) in [4.78, 5) is 11.5. The molecule has 1 aromatic rings. The lowest BCUT2D eigenvalue weighted by Crippen LogP contribution is -2.39. The summed E-state index contributed by atoms with van der Waals surface area (Å²) in [6.45, 7) is 7.32. The standard InChI is InChI=1S/C14H21NO3/c1-9-6-7-11(13(16)18-5)8-12(9)15-10(2)14(3,4)17/h6-8,10,15,17H,1-5H3. The van der Waals surface area contributed by atoms with Gasteiger partial charge in [-0.1, -0.05) is 6.07 Å². The van der Waals surface area contributed by atoms with Crippen molar-refractivity contribution in [2.24, 2.45) is 0 Å². The number of benzene rings is 1. The Hall–Kier alpha value is -1.55. The van der Waals surface area contributed by atoms with E-state index in [-0.39, 0.29) is 12.0 Å². The monoisotopic (exact) mass is 251 g/mol. The van der Waals surface area contributed by atoms with Crippen molar-refractivity contribution in [1.29, 1.82) is 0 Å². The molecule has 1 aromatic carbocycles. The number of ether oxygens (including phenoxy) is 1. The number of aryl methyl sites for hydroxylation is 1. The van der Waals surface area contributed by atoms with Gasteiger partial charge in [-0.15, -0.1) is 0 Å². The molecule has 1 unspecified atom stereocenters. The normalized spacial score (nSPS) is 13.0. The van der Waals surface area contributed by atoms with E-state index >= 15 is 0 Å². The van der Waals surface area contributed by atoms with Gasteiger partial charge < -0.3 is 15.2 Å². The van der Waals surface area contributed by atoms with Gasteiger partial charge in [0.2, 0.25) is 0 Å². The Kier molecular flexibility index (Phi) is 4.35. The Labute approximate surface area is 108 Å². The molecule has 0 heterocycles. The maximum atomic E-state index is 11.5. The molecule has 0 aromatic heterocycles. The van der Waals surface area contributed by atoms with E-state index in [0.717, 1.165) is 11.3 Å². The van der Waals surface area contributed by atoms with Crippen LogP contribution in [0.25, 0.3) is 0 Å². The number of methoxy groups -OCH3 is 1. The van der Waals surface area contributed by atoms with Gasteiger partial charge in [-0.25, -0.2) is 4.79 Å². The molecule has 2 N–H and O–H groups in total.